The van der Waals surface area contributed by atoms with Crippen LogP contribution in [0.25, 0.3) is 0 Å². The largest absolute Gasteiger partial charge is 0.496 e. The molecular weight excluding hydrogens is 376 g/mol. The maximum Gasteiger partial charge on any atom is 0.262 e. The second kappa shape index (κ2) is 7.83. The number of carbonyl (C=O) groups excluding carboxylic acids is 1. The lowest BCUT2D eigenvalue weighted by Crippen LogP contribution is -2.35. The summed E-state index contributed by atoms with van der Waals surface area (Å²) >= 11 is 0. The smallest absolute Gasteiger partial charge is 0.262 e. The Labute approximate surface area is 166 Å². The van der Waals surface area contributed by atoms with Gasteiger partial charge in [-0.15, -0.1) is 0 Å². The van der Waals surface area contributed by atoms with Crippen LogP contribution in [-0.4, -0.2) is 28.0 Å². The van der Waals surface area contributed by atoms with Crippen molar-refractivity contribution in [1.29, 1.82) is 0 Å². The molecule has 0 aromatic heterocycles. The number of rotatable bonds is 5. The number of hydrogen-bond acceptors (Lipinski definition) is 4. The summed E-state index contributed by atoms with van der Waals surface area (Å²) in [5, 5.41) is 0. The van der Waals surface area contributed by atoms with Gasteiger partial charge in [0.2, 0.25) is 5.91 Å². The molecule has 7 heteroatoms. The molecule has 1 N–H and O–H groups in total. The van der Waals surface area contributed by atoms with Gasteiger partial charge in [-0.25, -0.2) is 8.42 Å². The maximum absolute atomic E-state index is 12.9. The van der Waals surface area contributed by atoms with Gasteiger partial charge in [-0.3, -0.25) is 9.52 Å². The van der Waals surface area contributed by atoms with Gasteiger partial charge in [0.1, 0.15) is 5.75 Å². The summed E-state index contributed by atoms with van der Waals surface area (Å²) in [5.74, 6) is 0.773. The maximum atomic E-state index is 12.9. The van der Waals surface area contributed by atoms with Crippen molar-refractivity contribution in [2.75, 3.05) is 23.3 Å². The summed E-state index contributed by atoms with van der Waals surface area (Å²) < 4.78 is 33.7. The summed E-state index contributed by atoms with van der Waals surface area (Å²) in [6.07, 6.45) is 2.46. The van der Waals surface area contributed by atoms with E-state index in [1.165, 1.54) is 0 Å². The van der Waals surface area contributed by atoms with Crippen LogP contribution >= 0.6 is 0 Å². The lowest BCUT2D eigenvalue weighted by atomic mass is 10.1. The Hall–Kier alpha value is -2.54. The highest BCUT2D eigenvalue weighted by Gasteiger charge is 2.22. The zero-order valence-corrected chi connectivity index (χ0v) is 17.5. The van der Waals surface area contributed by atoms with Crippen molar-refractivity contribution in [2.24, 2.45) is 0 Å². The van der Waals surface area contributed by atoms with E-state index in [0.29, 0.717) is 30.0 Å². The molecule has 1 aliphatic rings. The fourth-order valence-corrected chi connectivity index (χ4v) is 4.93. The molecule has 2 aromatic carbocycles. The van der Waals surface area contributed by atoms with E-state index >= 15 is 0 Å². The molecule has 3 rings (SSSR count). The number of hydrogen-bond donors (Lipinski definition) is 1. The number of nitrogens with zero attached hydrogens (tertiary/aromatic N) is 1. The van der Waals surface area contributed by atoms with Crippen molar-refractivity contribution >= 4 is 27.3 Å². The minimum Gasteiger partial charge on any atom is -0.496 e. The van der Waals surface area contributed by atoms with Crippen LogP contribution in [0.2, 0.25) is 0 Å². The number of anilines is 2. The van der Waals surface area contributed by atoms with E-state index < -0.39 is 10.0 Å². The number of ether oxygens (including phenoxy) is 1. The third-order valence-electron chi connectivity index (χ3n) is 5.05. The Bertz CT molecular complexity index is 1020. The quantitative estimate of drug-likeness (QED) is 0.822. The summed E-state index contributed by atoms with van der Waals surface area (Å²) in [6, 6.07) is 8.61. The first-order valence-electron chi connectivity index (χ1n) is 9.32. The average molecular weight is 403 g/mol. The SMILES string of the molecule is COc1cc(C)c(S(=O)(=O)Nc2ccc(N3CCCCC3=O)c(C)c2)cc1C. The van der Waals surface area contributed by atoms with Gasteiger partial charge in [0, 0.05) is 24.3 Å². The van der Waals surface area contributed by atoms with Crippen LogP contribution in [-0.2, 0) is 14.8 Å². The highest BCUT2D eigenvalue weighted by atomic mass is 32.2. The van der Waals surface area contributed by atoms with Crippen LogP contribution in [0.15, 0.2) is 35.2 Å². The van der Waals surface area contributed by atoms with Gasteiger partial charge in [0.05, 0.1) is 12.0 Å². The fraction of sp³-hybridized carbons (Fsp3) is 0.381. The van der Waals surface area contributed by atoms with Gasteiger partial charge < -0.3 is 9.64 Å². The Morgan fingerprint density at radius 3 is 2.39 bits per heavy atom. The number of carbonyl (C=O) groups is 1. The second-order valence-corrected chi connectivity index (χ2v) is 8.85. The van der Waals surface area contributed by atoms with E-state index in [1.54, 1.807) is 43.2 Å². The van der Waals surface area contributed by atoms with Gasteiger partial charge >= 0.3 is 0 Å². The summed E-state index contributed by atoms with van der Waals surface area (Å²) in [6.45, 7) is 6.14. The number of amides is 1. The first-order valence-corrected chi connectivity index (χ1v) is 10.8. The molecule has 0 saturated carbocycles. The lowest BCUT2D eigenvalue weighted by Gasteiger charge is -2.28. The predicted octanol–water partition coefficient (Wildman–Crippen LogP) is 3.94. The molecule has 2 aromatic rings. The Morgan fingerprint density at radius 2 is 1.75 bits per heavy atom. The number of methoxy groups -OCH3 is 1. The zero-order chi connectivity index (χ0) is 20.5. The standard InChI is InChI=1S/C21H26N2O4S/c1-14-11-17(8-9-18(14)23-10-6-5-7-21(23)24)22-28(25,26)20-13-15(2)19(27-4)12-16(20)3/h8-9,11-13,22H,5-7,10H2,1-4H3. The van der Waals surface area contributed by atoms with E-state index in [2.05, 4.69) is 4.72 Å². The third-order valence-corrected chi connectivity index (χ3v) is 6.57. The van der Waals surface area contributed by atoms with Crippen LogP contribution in [0.5, 0.6) is 5.75 Å². The van der Waals surface area contributed by atoms with E-state index in [9.17, 15) is 13.2 Å². The van der Waals surface area contributed by atoms with E-state index in [1.807, 2.05) is 19.9 Å². The highest BCUT2D eigenvalue weighted by Crippen LogP contribution is 2.30. The van der Waals surface area contributed by atoms with Crippen LogP contribution in [0.1, 0.15) is 36.0 Å². The monoisotopic (exact) mass is 402 g/mol. The van der Waals surface area contributed by atoms with Gasteiger partial charge in [-0.2, -0.15) is 0 Å². The molecule has 1 amide bonds. The molecule has 0 radical (unpaired) electrons. The summed E-state index contributed by atoms with van der Waals surface area (Å²) in [5.41, 5.74) is 3.53. The molecule has 1 fully saturated rings. The van der Waals surface area contributed by atoms with Gasteiger partial charge in [0.15, 0.2) is 0 Å². The minimum absolute atomic E-state index is 0.118. The number of nitrogens with one attached hydrogen (secondary N) is 1. The fourth-order valence-electron chi connectivity index (χ4n) is 3.57. The Morgan fingerprint density at radius 1 is 1.00 bits per heavy atom. The van der Waals surface area contributed by atoms with E-state index in [-0.39, 0.29) is 10.8 Å². The van der Waals surface area contributed by atoms with Gasteiger partial charge in [0.25, 0.3) is 10.0 Å². The molecule has 1 heterocycles. The molecule has 0 bridgehead atoms. The molecule has 1 saturated heterocycles. The van der Waals surface area contributed by atoms with E-state index in [0.717, 1.165) is 29.7 Å². The molecule has 1 aliphatic heterocycles. The number of benzene rings is 2. The zero-order valence-electron chi connectivity index (χ0n) is 16.7. The van der Waals surface area contributed by atoms with E-state index in [4.69, 9.17) is 4.74 Å². The Kier molecular flexibility index (Phi) is 5.65. The topological polar surface area (TPSA) is 75.7 Å². The molecule has 0 unspecified atom stereocenters. The first kappa shape index (κ1) is 20.2. The molecule has 0 aliphatic carbocycles. The normalized spacial score (nSPS) is 14.9. The summed E-state index contributed by atoms with van der Waals surface area (Å²) in [7, 11) is -2.18. The summed E-state index contributed by atoms with van der Waals surface area (Å²) in [4.78, 5) is 14.2. The Balaban J connectivity index is 1.88. The van der Waals surface area contributed by atoms with Gasteiger partial charge in [-0.05, 0) is 80.6 Å². The first-order chi connectivity index (χ1) is 13.2. The minimum atomic E-state index is -3.74. The number of aryl methyl sites for hydroxylation is 3. The average Bonchev–Trinajstić information content (AvgIpc) is 2.64. The van der Waals surface area contributed by atoms with Crippen molar-refractivity contribution in [1.82, 2.24) is 0 Å². The molecule has 0 spiro atoms. The molecule has 28 heavy (non-hydrogen) atoms. The molecular formula is C21H26N2O4S. The number of sulfonamides is 1. The molecule has 0 atom stereocenters. The van der Waals surface area contributed by atoms with Crippen molar-refractivity contribution in [3.63, 3.8) is 0 Å². The van der Waals surface area contributed by atoms with Crippen LogP contribution in [0.4, 0.5) is 11.4 Å². The predicted molar refractivity (Wildman–Crippen MR) is 111 cm³/mol. The van der Waals surface area contributed by atoms with Crippen molar-refractivity contribution in [3.05, 3.63) is 47.0 Å². The van der Waals surface area contributed by atoms with Crippen molar-refractivity contribution in [2.45, 2.75) is 44.9 Å². The van der Waals surface area contributed by atoms with Gasteiger partial charge in [-0.1, -0.05) is 0 Å². The highest BCUT2D eigenvalue weighted by molar-refractivity contribution is 7.92. The van der Waals surface area contributed by atoms with Crippen LogP contribution in [0.3, 0.4) is 0 Å². The lowest BCUT2D eigenvalue weighted by molar-refractivity contribution is -0.119. The molecule has 150 valence electrons. The third kappa shape index (κ3) is 3.99. The van der Waals surface area contributed by atoms with Crippen molar-refractivity contribution in [3.8, 4) is 5.75 Å². The number of piperidine rings is 1. The van der Waals surface area contributed by atoms with Crippen molar-refractivity contribution < 1.29 is 17.9 Å². The second-order valence-electron chi connectivity index (χ2n) is 7.20. The van der Waals surface area contributed by atoms with Crippen LogP contribution in [0, 0.1) is 20.8 Å². The van der Waals surface area contributed by atoms with Crippen LogP contribution < -0.4 is 14.4 Å². The molecule has 6 nitrogen and oxygen atoms in total.